The van der Waals surface area contributed by atoms with E-state index >= 15 is 0 Å². The molecular formula is C13H17FN2O3. The van der Waals surface area contributed by atoms with Crippen molar-refractivity contribution in [3.05, 3.63) is 28.1 Å². The molecule has 0 spiro atoms. The van der Waals surface area contributed by atoms with Crippen molar-refractivity contribution >= 4 is 11.4 Å². The molecule has 1 aliphatic rings. The van der Waals surface area contributed by atoms with E-state index < -0.39 is 10.7 Å². The van der Waals surface area contributed by atoms with Gasteiger partial charge in [-0.2, -0.15) is 0 Å². The Morgan fingerprint density at radius 1 is 1.58 bits per heavy atom. The lowest BCUT2D eigenvalue weighted by atomic mass is 10.1. The van der Waals surface area contributed by atoms with Crippen molar-refractivity contribution in [1.29, 1.82) is 0 Å². The smallest absolute Gasteiger partial charge is 0.313 e. The number of nitro groups is 1. The van der Waals surface area contributed by atoms with E-state index in [1.165, 1.54) is 13.2 Å². The van der Waals surface area contributed by atoms with Gasteiger partial charge in [0, 0.05) is 12.6 Å². The molecule has 0 bridgehead atoms. The first kappa shape index (κ1) is 13.6. The summed E-state index contributed by atoms with van der Waals surface area (Å²) in [6, 6.07) is 2.22. The molecule has 1 fully saturated rings. The molecule has 2 rings (SSSR count). The summed E-state index contributed by atoms with van der Waals surface area (Å²) in [6.07, 6.45) is 1.10. The van der Waals surface area contributed by atoms with E-state index in [0.29, 0.717) is 17.9 Å². The zero-order chi connectivity index (χ0) is 14.2. The fraction of sp³-hybridized carbons (Fsp3) is 0.538. The van der Waals surface area contributed by atoms with E-state index in [0.717, 1.165) is 12.5 Å². The summed E-state index contributed by atoms with van der Waals surface area (Å²) in [7, 11) is 1.33. The van der Waals surface area contributed by atoms with Crippen molar-refractivity contribution in [2.45, 2.75) is 20.3 Å². The minimum absolute atomic E-state index is 0.0592. The predicted molar refractivity (Wildman–Crippen MR) is 70.0 cm³/mol. The van der Waals surface area contributed by atoms with E-state index in [-0.39, 0.29) is 17.1 Å². The van der Waals surface area contributed by atoms with Gasteiger partial charge in [0.1, 0.15) is 0 Å². The minimum Gasteiger partial charge on any atom is -0.490 e. The van der Waals surface area contributed by atoms with Gasteiger partial charge < -0.3 is 10.1 Å². The Kier molecular flexibility index (Phi) is 3.34. The van der Waals surface area contributed by atoms with Crippen LogP contribution in [0.5, 0.6) is 5.75 Å². The minimum atomic E-state index is -0.657. The molecule has 0 radical (unpaired) electrons. The lowest BCUT2D eigenvalue weighted by Crippen LogP contribution is -2.09. The Bertz CT molecular complexity index is 517. The molecule has 0 heterocycles. The van der Waals surface area contributed by atoms with Gasteiger partial charge >= 0.3 is 5.69 Å². The maximum Gasteiger partial charge on any atom is 0.313 e. The van der Waals surface area contributed by atoms with Gasteiger partial charge in [-0.05, 0) is 17.8 Å². The second-order valence-electron chi connectivity index (χ2n) is 5.53. The third kappa shape index (κ3) is 2.77. The second-order valence-corrected chi connectivity index (χ2v) is 5.53. The SMILES string of the molecule is COc1cc(NCC2CC2(C)C)c(F)cc1[N+](=O)[O-]. The molecule has 1 aliphatic carbocycles. The molecule has 1 aromatic carbocycles. The van der Waals surface area contributed by atoms with Crippen LogP contribution in [0, 0.1) is 27.3 Å². The topological polar surface area (TPSA) is 64.4 Å². The maximum absolute atomic E-state index is 13.8. The molecule has 0 saturated heterocycles. The Morgan fingerprint density at radius 3 is 2.68 bits per heavy atom. The lowest BCUT2D eigenvalue weighted by molar-refractivity contribution is -0.385. The van der Waals surface area contributed by atoms with Crippen LogP contribution in [-0.2, 0) is 0 Å². The van der Waals surface area contributed by atoms with Gasteiger partial charge in [-0.25, -0.2) is 4.39 Å². The third-order valence-electron chi connectivity index (χ3n) is 3.72. The van der Waals surface area contributed by atoms with Crippen LogP contribution < -0.4 is 10.1 Å². The fourth-order valence-electron chi connectivity index (χ4n) is 2.14. The molecule has 1 saturated carbocycles. The Hall–Kier alpha value is -1.85. The van der Waals surface area contributed by atoms with E-state index in [9.17, 15) is 14.5 Å². The number of nitrogens with zero attached hydrogens (tertiary/aromatic N) is 1. The predicted octanol–water partition coefficient (Wildman–Crippen LogP) is 3.20. The monoisotopic (exact) mass is 268 g/mol. The summed E-state index contributed by atoms with van der Waals surface area (Å²) >= 11 is 0. The molecule has 1 N–H and O–H groups in total. The van der Waals surface area contributed by atoms with Crippen molar-refractivity contribution in [3.63, 3.8) is 0 Å². The number of halogens is 1. The van der Waals surface area contributed by atoms with Gasteiger partial charge in [0.15, 0.2) is 11.6 Å². The molecule has 104 valence electrons. The summed E-state index contributed by atoms with van der Waals surface area (Å²) in [4.78, 5) is 10.1. The second kappa shape index (κ2) is 4.68. The van der Waals surface area contributed by atoms with Gasteiger partial charge in [0.05, 0.1) is 23.8 Å². The molecule has 19 heavy (non-hydrogen) atoms. The largest absolute Gasteiger partial charge is 0.490 e. The summed E-state index contributed by atoms with van der Waals surface area (Å²) in [5, 5.41) is 13.7. The highest BCUT2D eigenvalue weighted by atomic mass is 19.1. The average molecular weight is 268 g/mol. The van der Waals surface area contributed by atoms with Crippen LogP contribution in [0.1, 0.15) is 20.3 Å². The molecule has 0 aliphatic heterocycles. The van der Waals surface area contributed by atoms with Crippen LogP contribution in [0.25, 0.3) is 0 Å². The van der Waals surface area contributed by atoms with Crippen LogP contribution in [-0.4, -0.2) is 18.6 Å². The zero-order valence-corrected chi connectivity index (χ0v) is 11.2. The van der Waals surface area contributed by atoms with Crippen LogP contribution in [0.4, 0.5) is 15.8 Å². The summed E-state index contributed by atoms with van der Waals surface area (Å²) in [6.45, 7) is 4.98. The highest BCUT2D eigenvalue weighted by Gasteiger charge is 2.45. The van der Waals surface area contributed by atoms with Gasteiger partial charge in [-0.1, -0.05) is 13.8 Å². The first-order chi connectivity index (χ1) is 8.85. The summed E-state index contributed by atoms with van der Waals surface area (Å²) < 4.78 is 18.7. The number of hydrogen-bond donors (Lipinski definition) is 1. The van der Waals surface area contributed by atoms with Crippen LogP contribution in [0.15, 0.2) is 12.1 Å². The average Bonchev–Trinajstić information content (AvgIpc) is 2.95. The van der Waals surface area contributed by atoms with Gasteiger partial charge in [0.2, 0.25) is 0 Å². The Balaban J connectivity index is 2.15. The molecule has 0 amide bonds. The quantitative estimate of drug-likeness (QED) is 0.658. The van der Waals surface area contributed by atoms with Crippen LogP contribution in [0.3, 0.4) is 0 Å². The standard InChI is InChI=1S/C13H17FN2O3/c1-13(2)6-8(13)7-15-10-5-12(19-3)11(16(17)18)4-9(10)14/h4-5,8,15H,6-7H2,1-3H3. The third-order valence-corrected chi connectivity index (χ3v) is 3.72. The van der Waals surface area contributed by atoms with Gasteiger partial charge in [-0.3, -0.25) is 10.1 Å². The number of benzene rings is 1. The number of hydrogen-bond acceptors (Lipinski definition) is 4. The van der Waals surface area contributed by atoms with Crippen molar-refractivity contribution in [3.8, 4) is 5.75 Å². The zero-order valence-electron chi connectivity index (χ0n) is 11.2. The molecule has 5 nitrogen and oxygen atoms in total. The Morgan fingerprint density at radius 2 is 2.21 bits per heavy atom. The van der Waals surface area contributed by atoms with Crippen molar-refractivity contribution in [2.75, 3.05) is 19.0 Å². The Labute approximate surface area is 110 Å². The number of ether oxygens (including phenoxy) is 1. The normalized spacial score (nSPS) is 19.9. The highest BCUT2D eigenvalue weighted by Crippen LogP contribution is 2.51. The van der Waals surface area contributed by atoms with Crippen molar-refractivity contribution < 1.29 is 14.1 Å². The van der Waals surface area contributed by atoms with Crippen LogP contribution in [0.2, 0.25) is 0 Å². The molecule has 0 aromatic heterocycles. The van der Waals surface area contributed by atoms with Gasteiger partial charge in [-0.15, -0.1) is 0 Å². The van der Waals surface area contributed by atoms with E-state index in [4.69, 9.17) is 4.74 Å². The van der Waals surface area contributed by atoms with Crippen molar-refractivity contribution in [2.24, 2.45) is 11.3 Å². The van der Waals surface area contributed by atoms with E-state index in [1.54, 1.807) is 0 Å². The molecular weight excluding hydrogens is 251 g/mol. The first-order valence-corrected chi connectivity index (χ1v) is 6.11. The lowest BCUT2D eigenvalue weighted by Gasteiger charge is -2.10. The number of rotatable bonds is 5. The van der Waals surface area contributed by atoms with Crippen molar-refractivity contribution in [1.82, 2.24) is 0 Å². The van der Waals surface area contributed by atoms with Crippen LogP contribution >= 0.6 is 0 Å². The number of nitro benzene ring substituents is 1. The molecule has 1 atom stereocenters. The van der Waals surface area contributed by atoms with E-state index in [1.807, 2.05) is 0 Å². The molecule has 1 unspecified atom stereocenters. The number of anilines is 1. The molecule has 1 aromatic rings. The van der Waals surface area contributed by atoms with Gasteiger partial charge in [0.25, 0.3) is 0 Å². The number of nitrogens with one attached hydrogen (secondary N) is 1. The first-order valence-electron chi connectivity index (χ1n) is 6.11. The highest BCUT2D eigenvalue weighted by molar-refractivity contribution is 5.59. The van der Waals surface area contributed by atoms with E-state index in [2.05, 4.69) is 19.2 Å². The summed E-state index contributed by atoms with van der Waals surface area (Å²) in [5.41, 5.74) is 0.177. The maximum atomic E-state index is 13.8. The summed E-state index contributed by atoms with van der Waals surface area (Å²) in [5.74, 6) is -0.0667. The number of methoxy groups -OCH3 is 1. The molecule has 6 heteroatoms. The fourth-order valence-corrected chi connectivity index (χ4v) is 2.14.